The van der Waals surface area contributed by atoms with Crippen LogP contribution in [0.1, 0.15) is 31.4 Å². The molecule has 1 aliphatic carbocycles. The highest BCUT2D eigenvalue weighted by Crippen LogP contribution is 2.27. The van der Waals surface area contributed by atoms with Gasteiger partial charge in [0.05, 0.1) is 12.6 Å². The van der Waals surface area contributed by atoms with Crippen LogP contribution in [0.15, 0.2) is 18.2 Å². The van der Waals surface area contributed by atoms with E-state index >= 15 is 0 Å². The third kappa shape index (κ3) is 3.25. The molecule has 1 atom stereocenters. The number of nitrogens with zero attached hydrogens (tertiary/aromatic N) is 1. The van der Waals surface area contributed by atoms with Crippen LogP contribution in [0.5, 0.6) is 0 Å². The highest BCUT2D eigenvalue weighted by atomic mass is 19.2. The summed E-state index contributed by atoms with van der Waals surface area (Å²) in [7, 11) is 0. The van der Waals surface area contributed by atoms with Gasteiger partial charge in [-0.1, -0.05) is 12.1 Å². The van der Waals surface area contributed by atoms with Gasteiger partial charge in [0.1, 0.15) is 0 Å². The maximum Gasteiger partial charge on any atom is 0.318 e. The molecule has 0 heterocycles. The normalized spacial score (nSPS) is 15.8. The molecule has 1 aromatic carbocycles. The Kier molecular flexibility index (Phi) is 4.54. The SMILES string of the molecule is CC(NC(=O)N(CCO)C1CC1)c1cccc(F)c1F. The average molecular weight is 284 g/mol. The molecule has 1 aromatic rings. The molecule has 1 unspecified atom stereocenters. The lowest BCUT2D eigenvalue weighted by atomic mass is 10.1. The number of urea groups is 1. The Bertz CT molecular complexity index is 492. The van der Waals surface area contributed by atoms with Gasteiger partial charge in [-0.2, -0.15) is 0 Å². The molecule has 0 aromatic heterocycles. The van der Waals surface area contributed by atoms with Crippen LogP contribution in [0, 0.1) is 11.6 Å². The summed E-state index contributed by atoms with van der Waals surface area (Å²) in [5.74, 6) is -1.88. The second kappa shape index (κ2) is 6.17. The topological polar surface area (TPSA) is 52.6 Å². The molecule has 110 valence electrons. The number of halogens is 2. The van der Waals surface area contributed by atoms with Crippen molar-refractivity contribution in [2.24, 2.45) is 0 Å². The van der Waals surface area contributed by atoms with E-state index in [1.54, 1.807) is 6.92 Å². The van der Waals surface area contributed by atoms with Gasteiger partial charge >= 0.3 is 6.03 Å². The minimum Gasteiger partial charge on any atom is -0.395 e. The van der Waals surface area contributed by atoms with E-state index in [1.807, 2.05) is 0 Å². The highest BCUT2D eigenvalue weighted by molar-refractivity contribution is 5.75. The Hall–Kier alpha value is -1.69. The summed E-state index contributed by atoms with van der Waals surface area (Å²) in [6, 6.07) is 3.03. The smallest absolute Gasteiger partial charge is 0.318 e. The number of nitrogens with one attached hydrogen (secondary N) is 1. The fourth-order valence-corrected chi connectivity index (χ4v) is 2.14. The van der Waals surface area contributed by atoms with Gasteiger partial charge in [-0.15, -0.1) is 0 Å². The van der Waals surface area contributed by atoms with Gasteiger partial charge in [0.15, 0.2) is 11.6 Å². The number of aliphatic hydroxyl groups is 1. The second-order valence-electron chi connectivity index (χ2n) is 4.96. The van der Waals surface area contributed by atoms with Crippen LogP contribution in [0.2, 0.25) is 0 Å². The fraction of sp³-hybridized carbons (Fsp3) is 0.500. The van der Waals surface area contributed by atoms with Crippen molar-refractivity contribution in [2.75, 3.05) is 13.2 Å². The van der Waals surface area contributed by atoms with Crippen molar-refractivity contribution >= 4 is 6.03 Å². The zero-order valence-corrected chi connectivity index (χ0v) is 11.3. The number of hydrogen-bond donors (Lipinski definition) is 2. The molecule has 6 heteroatoms. The lowest BCUT2D eigenvalue weighted by Gasteiger charge is -2.24. The molecule has 0 saturated heterocycles. The Labute approximate surface area is 116 Å². The van der Waals surface area contributed by atoms with E-state index in [-0.39, 0.29) is 30.8 Å². The number of amides is 2. The molecule has 2 N–H and O–H groups in total. The van der Waals surface area contributed by atoms with Gasteiger partial charge in [0.2, 0.25) is 0 Å². The Morgan fingerprint density at radius 2 is 2.20 bits per heavy atom. The first-order chi connectivity index (χ1) is 9.54. The first kappa shape index (κ1) is 14.7. The van der Waals surface area contributed by atoms with Crippen molar-refractivity contribution in [2.45, 2.75) is 31.8 Å². The van der Waals surface area contributed by atoms with Crippen molar-refractivity contribution in [3.63, 3.8) is 0 Å². The molecule has 20 heavy (non-hydrogen) atoms. The fourth-order valence-electron chi connectivity index (χ4n) is 2.14. The van der Waals surface area contributed by atoms with E-state index in [0.29, 0.717) is 0 Å². The summed E-state index contributed by atoms with van der Waals surface area (Å²) in [5, 5.41) is 11.6. The predicted molar refractivity (Wildman–Crippen MR) is 70.1 cm³/mol. The summed E-state index contributed by atoms with van der Waals surface area (Å²) in [6.45, 7) is 1.72. The van der Waals surface area contributed by atoms with Crippen molar-refractivity contribution in [3.8, 4) is 0 Å². The van der Waals surface area contributed by atoms with Crippen molar-refractivity contribution in [1.29, 1.82) is 0 Å². The monoisotopic (exact) mass is 284 g/mol. The van der Waals surface area contributed by atoms with Crippen molar-refractivity contribution < 1.29 is 18.7 Å². The lowest BCUT2D eigenvalue weighted by molar-refractivity contribution is 0.171. The predicted octanol–water partition coefficient (Wildman–Crippen LogP) is 2.19. The van der Waals surface area contributed by atoms with Crippen LogP contribution < -0.4 is 5.32 Å². The zero-order valence-electron chi connectivity index (χ0n) is 11.3. The molecule has 0 radical (unpaired) electrons. The summed E-state index contributed by atoms with van der Waals surface area (Å²) >= 11 is 0. The number of hydrogen-bond acceptors (Lipinski definition) is 2. The van der Waals surface area contributed by atoms with Crippen LogP contribution in [0.4, 0.5) is 13.6 Å². The third-order valence-corrected chi connectivity index (χ3v) is 3.38. The van der Waals surface area contributed by atoms with E-state index < -0.39 is 17.7 Å². The average Bonchev–Trinajstić information content (AvgIpc) is 3.23. The molecule has 1 saturated carbocycles. The molecule has 0 aliphatic heterocycles. The molecule has 2 rings (SSSR count). The summed E-state index contributed by atoms with van der Waals surface area (Å²) in [5.41, 5.74) is 0.109. The first-order valence-electron chi connectivity index (χ1n) is 6.66. The number of carbonyl (C=O) groups is 1. The quantitative estimate of drug-likeness (QED) is 0.871. The van der Waals surface area contributed by atoms with E-state index in [1.165, 1.54) is 17.0 Å². The van der Waals surface area contributed by atoms with Crippen LogP contribution in [-0.4, -0.2) is 35.2 Å². The molecule has 1 fully saturated rings. The van der Waals surface area contributed by atoms with Gasteiger partial charge in [-0.25, -0.2) is 13.6 Å². The van der Waals surface area contributed by atoms with Gasteiger partial charge in [-0.3, -0.25) is 0 Å². The maximum absolute atomic E-state index is 13.6. The maximum atomic E-state index is 13.6. The van der Waals surface area contributed by atoms with Crippen molar-refractivity contribution in [1.82, 2.24) is 10.2 Å². The summed E-state index contributed by atoms with van der Waals surface area (Å²) < 4.78 is 26.8. The van der Waals surface area contributed by atoms with E-state index in [9.17, 15) is 13.6 Å². The van der Waals surface area contributed by atoms with Crippen LogP contribution in [0.3, 0.4) is 0 Å². The van der Waals surface area contributed by atoms with Gasteiger partial charge in [-0.05, 0) is 25.8 Å². The van der Waals surface area contributed by atoms with E-state index in [0.717, 1.165) is 18.9 Å². The summed E-state index contributed by atoms with van der Waals surface area (Å²) in [6.07, 6.45) is 1.83. The molecular weight excluding hydrogens is 266 g/mol. The Morgan fingerprint density at radius 3 is 2.80 bits per heavy atom. The standard InChI is InChI=1S/C14H18F2N2O2/c1-9(11-3-2-4-12(15)13(11)16)17-14(20)18(7-8-19)10-5-6-10/h2-4,9-10,19H,5-8H2,1H3,(H,17,20). The second-order valence-corrected chi connectivity index (χ2v) is 4.96. The van der Waals surface area contributed by atoms with E-state index in [4.69, 9.17) is 5.11 Å². The molecule has 0 spiro atoms. The lowest BCUT2D eigenvalue weighted by Crippen LogP contribution is -2.43. The minimum atomic E-state index is -0.944. The Morgan fingerprint density at radius 1 is 1.50 bits per heavy atom. The molecule has 4 nitrogen and oxygen atoms in total. The molecular formula is C14H18F2N2O2. The number of aliphatic hydroxyl groups excluding tert-OH is 1. The van der Waals surface area contributed by atoms with Gasteiger partial charge in [0.25, 0.3) is 0 Å². The van der Waals surface area contributed by atoms with Crippen LogP contribution >= 0.6 is 0 Å². The van der Waals surface area contributed by atoms with E-state index in [2.05, 4.69) is 5.32 Å². The van der Waals surface area contributed by atoms with Gasteiger partial charge < -0.3 is 15.3 Å². The largest absolute Gasteiger partial charge is 0.395 e. The minimum absolute atomic E-state index is 0.109. The number of carbonyl (C=O) groups excluding carboxylic acids is 1. The summed E-state index contributed by atoms with van der Waals surface area (Å²) in [4.78, 5) is 13.6. The molecule has 0 bridgehead atoms. The van der Waals surface area contributed by atoms with Crippen molar-refractivity contribution in [3.05, 3.63) is 35.4 Å². The number of benzene rings is 1. The van der Waals surface area contributed by atoms with Crippen LogP contribution in [0.25, 0.3) is 0 Å². The van der Waals surface area contributed by atoms with Gasteiger partial charge in [0, 0.05) is 18.2 Å². The molecule has 2 amide bonds. The third-order valence-electron chi connectivity index (χ3n) is 3.38. The zero-order chi connectivity index (χ0) is 14.7. The first-order valence-corrected chi connectivity index (χ1v) is 6.66. The molecule has 1 aliphatic rings. The number of rotatable bonds is 5. The Balaban J connectivity index is 2.04. The highest BCUT2D eigenvalue weighted by Gasteiger charge is 2.32. The van der Waals surface area contributed by atoms with Crippen LogP contribution in [-0.2, 0) is 0 Å².